The number of aromatic nitrogens is 2. The predicted molar refractivity (Wildman–Crippen MR) is 75.1 cm³/mol. The predicted octanol–water partition coefficient (Wildman–Crippen LogP) is 1.52. The fraction of sp³-hybridized carbons (Fsp3) is 0.545. The molecule has 2 aromatic heterocycles. The summed E-state index contributed by atoms with van der Waals surface area (Å²) in [5.74, 6) is 0.881. The second-order valence-corrected chi connectivity index (χ2v) is 7.28. The molecule has 1 saturated carbocycles. The molecule has 3 rings (SSSR count). The third-order valence-corrected chi connectivity index (χ3v) is 5.70. The van der Waals surface area contributed by atoms with Gasteiger partial charge in [0.2, 0.25) is 0 Å². The van der Waals surface area contributed by atoms with Crippen molar-refractivity contribution < 1.29 is 8.42 Å². The number of rotatable bonds is 5. The van der Waals surface area contributed by atoms with Gasteiger partial charge in [0.1, 0.15) is 0 Å². The second kappa shape index (κ2) is 4.77. The molecule has 8 heteroatoms. The van der Waals surface area contributed by atoms with E-state index in [1.54, 1.807) is 17.6 Å². The van der Waals surface area contributed by atoms with E-state index in [1.165, 1.54) is 17.8 Å². The van der Waals surface area contributed by atoms with E-state index in [0.717, 1.165) is 12.8 Å². The summed E-state index contributed by atoms with van der Waals surface area (Å²) in [6.07, 6.45) is 5.16. The Morgan fingerprint density at radius 1 is 1.53 bits per heavy atom. The van der Waals surface area contributed by atoms with Crippen LogP contribution in [0.15, 0.2) is 16.6 Å². The minimum absolute atomic E-state index is 0.200. The van der Waals surface area contributed by atoms with Crippen LogP contribution in [0.5, 0.6) is 0 Å². The molecule has 1 fully saturated rings. The van der Waals surface area contributed by atoms with E-state index in [0.29, 0.717) is 23.2 Å². The Hall–Kier alpha value is -1.12. The SMILES string of the molecule is CNc1nc2sccn2c1S(=O)(=O)NCC1CCC1. The van der Waals surface area contributed by atoms with Crippen LogP contribution in [0.3, 0.4) is 0 Å². The van der Waals surface area contributed by atoms with Crippen LogP contribution in [-0.4, -0.2) is 31.4 Å². The molecule has 19 heavy (non-hydrogen) atoms. The maximum absolute atomic E-state index is 12.4. The summed E-state index contributed by atoms with van der Waals surface area (Å²) in [7, 11) is -1.85. The van der Waals surface area contributed by atoms with E-state index in [9.17, 15) is 8.42 Å². The fourth-order valence-electron chi connectivity index (χ4n) is 2.18. The van der Waals surface area contributed by atoms with Gasteiger partial charge in [0.25, 0.3) is 10.0 Å². The standard InChI is InChI=1S/C11H16N4O2S2/c1-12-9-10(15-5-6-18-11(15)14-9)19(16,17)13-7-8-3-2-4-8/h5-6,8,12-13H,2-4,7H2,1H3. The van der Waals surface area contributed by atoms with Crippen LogP contribution in [0.1, 0.15) is 19.3 Å². The molecule has 0 aliphatic heterocycles. The van der Waals surface area contributed by atoms with Crippen LogP contribution in [0.2, 0.25) is 0 Å². The van der Waals surface area contributed by atoms with Gasteiger partial charge < -0.3 is 5.32 Å². The van der Waals surface area contributed by atoms with E-state index >= 15 is 0 Å². The molecule has 0 aromatic carbocycles. The molecule has 0 bridgehead atoms. The van der Waals surface area contributed by atoms with Crippen molar-refractivity contribution in [3.05, 3.63) is 11.6 Å². The van der Waals surface area contributed by atoms with Gasteiger partial charge in [-0.15, -0.1) is 11.3 Å². The smallest absolute Gasteiger partial charge is 0.260 e. The number of sulfonamides is 1. The minimum Gasteiger partial charge on any atom is -0.371 e. The Balaban J connectivity index is 1.93. The number of fused-ring (bicyclic) bond motifs is 1. The lowest BCUT2D eigenvalue weighted by atomic mass is 9.86. The van der Waals surface area contributed by atoms with Gasteiger partial charge in [-0.1, -0.05) is 6.42 Å². The summed E-state index contributed by atoms with van der Waals surface area (Å²) in [6.45, 7) is 0.517. The van der Waals surface area contributed by atoms with Crippen LogP contribution in [0.4, 0.5) is 5.82 Å². The summed E-state index contributed by atoms with van der Waals surface area (Å²) >= 11 is 1.41. The highest BCUT2D eigenvalue weighted by Gasteiger charge is 2.27. The highest BCUT2D eigenvalue weighted by Crippen LogP contribution is 2.28. The average Bonchev–Trinajstić information content (AvgIpc) is 2.84. The number of nitrogens with one attached hydrogen (secondary N) is 2. The molecule has 1 aliphatic rings. The van der Waals surface area contributed by atoms with E-state index in [1.807, 2.05) is 5.38 Å². The third kappa shape index (κ3) is 2.24. The van der Waals surface area contributed by atoms with Crippen LogP contribution in [0.25, 0.3) is 4.96 Å². The number of imidazole rings is 1. The summed E-state index contributed by atoms with van der Waals surface area (Å²) in [5, 5.41) is 4.87. The summed E-state index contributed by atoms with van der Waals surface area (Å²) in [4.78, 5) is 4.94. The van der Waals surface area contributed by atoms with E-state index < -0.39 is 10.0 Å². The van der Waals surface area contributed by atoms with Gasteiger partial charge in [0.05, 0.1) is 0 Å². The Bertz CT molecular complexity index is 685. The topological polar surface area (TPSA) is 75.5 Å². The van der Waals surface area contributed by atoms with Crippen molar-refractivity contribution in [3.8, 4) is 0 Å². The van der Waals surface area contributed by atoms with Crippen molar-refractivity contribution in [1.29, 1.82) is 0 Å². The molecular formula is C11H16N4O2S2. The van der Waals surface area contributed by atoms with Crippen LogP contribution >= 0.6 is 11.3 Å². The number of thiazole rings is 1. The number of nitrogens with zero attached hydrogens (tertiary/aromatic N) is 2. The van der Waals surface area contributed by atoms with Gasteiger partial charge in [-0.25, -0.2) is 18.1 Å². The lowest BCUT2D eigenvalue weighted by molar-refractivity contribution is 0.316. The lowest BCUT2D eigenvalue weighted by Gasteiger charge is -2.25. The highest BCUT2D eigenvalue weighted by atomic mass is 32.2. The number of hydrogen-bond donors (Lipinski definition) is 2. The average molecular weight is 300 g/mol. The first kappa shape index (κ1) is 12.9. The van der Waals surface area contributed by atoms with Crippen molar-refractivity contribution in [1.82, 2.24) is 14.1 Å². The Morgan fingerprint density at radius 3 is 2.95 bits per heavy atom. The van der Waals surface area contributed by atoms with Crippen molar-refractivity contribution in [2.75, 3.05) is 18.9 Å². The maximum atomic E-state index is 12.4. The minimum atomic E-state index is -3.53. The molecule has 0 radical (unpaired) electrons. The van der Waals surface area contributed by atoms with Crippen molar-refractivity contribution in [2.24, 2.45) is 5.92 Å². The number of hydrogen-bond acceptors (Lipinski definition) is 5. The Morgan fingerprint density at radius 2 is 2.32 bits per heavy atom. The van der Waals surface area contributed by atoms with Gasteiger partial charge in [0.15, 0.2) is 15.8 Å². The first-order valence-corrected chi connectivity index (χ1v) is 8.61. The van der Waals surface area contributed by atoms with Crippen molar-refractivity contribution >= 4 is 32.1 Å². The monoisotopic (exact) mass is 300 g/mol. The molecular weight excluding hydrogens is 284 g/mol. The van der Waals surface area contributed by atoms with Gasteiger partial charge in [-0.05, 0) is 18.8 Å². The third-order valence-electron chi connectivity index (χ3n) is 3.50. The summed E-state index contributed by atoms with van der Waals surface area (Å²) < 4.78 is 29.2. The Labute approximate surface area is 115 Å². The molecule has 2 aromatic rings. The molecule has 0 amide bonds. The first-order valence-electron chi connectivity index (χ1n) is 6.25. The molecule has 104 valence electrons. The van der Waals surface area contributed by atoms with Crippen molar-refractivity contribution in [2.45, 2.75) is 24.3 Å². The van der Waals surface area contributed by atoms with E-state index in [2.05, 4.69) is 15.0 Å². The van der Waals surface area contributed by atoms with Gasteiger partial charge in [0, 0.05) is 25.2 Å². The molecule has 0 spiro atoms. The second-order valence-electron chi connectivity index (χ2n) is 4.72. The molecule has 0 saturated heterocycles. The zero-order chi connectivity index (χ0) is 13.5. The van der Waals surface area contributed by atoms with Crippen LogP contribution < -0.4 is 10.0 Å². The molecule has 2 heterocycles. The van der Waals surface area contributed by atoms with E-state index in [-0.39, 0.29) is 5.03 Å². The normalized spacial score (nSPS) is 16.7. The largest absolute Gasteiger partial charge is 0.371 e. The van der Waals surface area contributed by atoms with Gasteiger partial charge in [-0.2, -0.15) is 0 Å². The quantitative estimate of drug-likeness (QED) is 0.878. The van der Waals surface area contributed by atoms with Crippen LogP contribution in [-0.2, 0) is 10.0 Å². The molecule has 0 unspecified atom stereocenters. The van der Waals surface area contributed by atoms with Crippen LogP contribution in [0, 0.1) is 5.92 Å². The zero-order valence-electron chi connectivity index (χ0n) is 10.6. The highest BCUT2D eigenvalue weighted by molar-refractivity contribution is 7.89. The number of anilines is 1. The molecule has 1 aliphatic carbocycles. The Kier molecular flexibility index (Phi) is 3.23. The molecule has 6 nitrogen and oxygen atoms in total. The van der Waals surface area contributed by atoms with Gasteiger partial charge in [-0.3, -0.25) is 4.40 Å². The summed E-state index contributed by atoms with van der Waals surface area (Å²) in [6, 6.07) is 0. The van der Waals surface area contributed by atoms with Crippen molar-refractivity contribution in [3.63, 3.8) is 0 Å². The molecule has 2 N–H and O–H groups in total. The summed E-state index contributed by atoms with van der Waals surface area (Å²) in [5.41, 5.74) is 0. The first-order chi connectivity index (χ1) is 9.12. The van der Waals surface area contributed by atoms with E-state index in [4.69, 9.17) is 0 Å². The fourth-order valence-corrected chi connectivity index (χ4v) is 4.35. The molecule has 0 atom stereocenters. The zero-order valence-corrected chi connectivity index (χ0v) is 12.2. The van der Waals surface area contributed by atoms with Gasteiger partial charge >= 0.3 is 0 Å². The maximum Gasteiger partial charge on any atom is 0.260 e. The lowest BCUT2D eigenvalue weighted by Crippen LogP contribution is -2.33.